The number of aryl methyl sites for hydroxylation is 2. The Labute approximate surface area is 225 Å². The second kappa shape index (κ2) is 9.74. The maximum atomic E-state index is 13.3. The van der Waals surface area contributed by atoms with Gasteiger partial charge in [-0.05, 0) is 23.9 Å². The van der Waals surface area contributed by atoms with Gasteiger partial charge in [-0.2, -0.15) is 8.78 Å². The van der Waals surface area contributed by atoms with Crippen LogP contribution in [0.1, 0.15) is 10.4 Å². The second-order valence-electron chi connectivity index (χ2n) is 8.70. The predicted molar refractivity (Wildman–Crippen MR) is 138 cm³/mol. The number of fused-ring (bicyclic) bond motifs is 2. The maximum absolute atomic E-state index is 13.3. The number of imidazole rings is 2. The SMILES string of the molecule is Cn1c(=O)[nH]c2nc(Sc3nc4c(c(=O)n(C)c(=O)n4C)n3C)n(CC(=O)c3ccccc3OC(F)F)c2c1=O. The second-order valence-corrected chi connectivity index (χ2v) is 9.64. The Morgan fingerprint density at radius 3 is 2.30 bits per heavy atom. The lowest BCUT2D eigenvalue weighted by Gasteiger charge is -2.12. The van der Waals surface area contributed by atoms with Crippen LogP contribution in [0.15, 0.2) is 53.8 Å². The minimum atomic E-state index is -3.17. The van der Waals surface area contributed by atoms with Crippen molar-refractivity contribution in [2.75, 3.05) is 0 Å². The smallest absolute Gasteiger partial charge is 0.387 e. The number of aromatic amines is 1. The summed E-state index contributed by atoms with van der Waals surface area (Å²) in [6.45, 7) is -3.72. The fraction of sp³-hybridized carbons (Fsp3) is 0.261. The third-order valence-electron chi connectivity index (χ3n) is 6.29. The first kappa shape index (κ1) is 26.8. The number of nitrogens with one attached hydrogen (secondary N) is 1. The van der Waals surface area contributed by atoms with Crippen molar-refractivity contribution in [3.63, 3.8) is 0 Å². The minimum absolute atomic E-state index is 0.0230. The first-order valence-electron chi connectivity index (χ1n) is 11.5. The molecule has 0 fully saturated rings. The monoisotopic (exact) mass is 574 g/mol. The average molecular weight is 575 g/mol. The van der Waals surface area contributed by atoms with Crippen LogP contribution in [-0.4, -0.2) is 50.2 Å². The van der Waals surface area contributed by atoms with Crippen molar-refractivity contribution in [2.24, 2.45) is 28.2 Å². The summed E-state index contributed by atoms with van der Waals surface area (Å²) >= 11 is 0.860. The lowest BCUT2D eigenvalue weighted by molar-refractivity contribution is -0.0501. The van der Waals surface area contributed by atoms with Gasteiger partial charge in [0, 0.05) is 28.2 Å². The number of hydrogen-bond acceptors (Lipinski definition) is 9. The fourth-order valence-corrected chi connectivity index (χ4v) is 5.12. The number of H-pyrrole nitrogens is 1. The molecule has 4 heterocycles. The number of carbonyl (C=O) groups is 1. The van der Waals surface area contributed by atoms with Crippen molar-refractivity contribution in [3.05, 3.63) is 71.5 Å². The van der Waals surface area contributed by atoms with Crippen LogP contribution in [0.25, 0.3) is 22.3 Å². The van der Waals surface area contributed by atoms with E-state index in [-0.39, 0.29) is 44.0 Å². The molecule has 5 rings (SSSR count). The molecular weight excluding hydrogens is 554 g/mol. The van der Waals surface area contributed by atoms with Crippen molar-refractivity contribution < 1.29 is 18.3 Å². The molecule has 0 saturated heterocycles. The first-order chi connectivity index (χ1) is 18.9. The summed E-state index contributed by atoms with van der Waals surface area (Å²) in [6.07, 6.45) is 0. The molecule has 0 unspecified atom stereocenters. The van der Waals surface area contributed by atoms with Gasteiger partial charge in [-0.3, -0.25) is 33.1 Å². The topological polar surface area (TPSA) is 161 Å². The van der Waals surface area contributed by atoms with E-state index in [9.17, 15) is 32.8 Å². The molecule has 0 bridgehead atoms. The molecule has 1 N–H and O–H groups in total. The number of Topliss-reactive ketones (excluding diaryl/α,β-unsaturated/α-hetero) is 1. The number of ketones is 1. The van der Waals surface area contributed by atoms with Gasteiger partial charge in [0.25, 0.3) is 11.1 Å². The van der Waals surface area contributed by atoms with Gasteiger partial charge < -0.3 is 13.9 Å². The maximum Gasteiger partial charge on any atom is 0.387 e. The Morgan fingerprint density at radius 2 is 1.60 bits per heavy atom. The third-order valence-corrected chi connectivity index (χ3v) is 7.33. The van der Waals surface area contributed by atoms with Crippen LogP contribution in [0.5, 0.6) is 5.75 Å². The zero-order valence-electron chi connectivity index (χ0n) is 21.3. The van der Waals surface area contributed by atoms with Gasteiger partial charge >= 0.3 is 18.0 Å². The molecule has 0 radical (unpaired) electrons. The number of carbonyl (C=O) groups excluding carboxylic acids is 1. The number of benzene rings is 1. The molecule has 0 spiro atoms. The summed E-state index contributed by atoms with van der Waals surface area (Å²) in [5.74, 6) is -1.04. The van der Waals surface area contributed by atoms with E-state index in [0.717, 1.165) is 20.9 Å². The average Bonchev–Trinajstić information content (AvgIpc) is 3.41. The number of nitrogens with zero attached hydrogens (tertiary/aromatic N) is 7. The number of alkyl halides is 2. The van der Waals surface area contributed by atoms with Gasteiger partial charge in [0.05, 0.1) is 12.1 Å². The molecule has 17 heteroatoms. The number of para-hydroxylation sites is 1. The van der Waals surface area contributed by atoms with Crippen LogP contribution in [0.3, 0.4) is 0 Å². The summed E-state index contributed by atoms with van der Waals surface area (Å²) in [7, 11) is 5.56. The normalized spacial score (nSPS) is 11.7. The van der Waals surface area contributed by atoms with Crippen LogP contribution in [0, 0.1) is 0 Å². The van der Waals surface area contributed by atoms with Crippen molar-refractivity contribution in [2.45, 2.75) is 23.5 Å². The van der Waals surface area contributed by atoms with Gasteiger partial charge in [0.2, 0.25) is 0 Å². The van der Waals surface area contributed by atoms with E-state index in [1.807, 2.05) is 0 Å². The molecule has 1 aromatic carbocycles. The molecule has 0 atom stereocenters. The molecule has 5 aromatic rings. The standard InChI is InChI=1S/C23H20F2N8O6S/c1-29-14-16(30(2)23(38)32(4)18(14)36)28-21(29)40-22-27-15-13(17(35)31(3)20(37)26-15)33(22)9-11(34)10-7-5-6-8-12(10)39-19(24)25/h5-8,19H,9H2,1-4H3,(H,26,37). The third kappa shape index (κ3) is 4.23. The van der Waals surface area contributed by atoms with E-state index in [0.29, 0.717) is 0 Å². The highest BCUT2D eigenvalue weighted by Gasteiger charge is 2.25. The summed E-state index contributed by atoms with van der Waals surface area (Å²) < 4.78 is 35.9. The zero-order chi connectivity index (χ0) is 29.0. The largest absolute Gasteiger partial charge is 0.434 e. The Kier molecular flexibility index (Phi) is 6.53. The van der Waals surface area contributed by atoms with E-state index in [1.165, 1.54) is 59.1 Å². The molecule has 208 valence electrons. The molecule has 14 nitrogen and oxygen atoms in total. The summed E-state index contributed by atoms with van der Waals surface area (Å²) in [5.41, 5.74) is -2.88. The van der Waals surface area contributed by atoms with Gasteiger partial charge in [0.15, 0.2) is 38.4 Å². The lowest BCUT2D eigenvalue weighted by Crippen LogP contribution is -2.37. The molecule has 0 aliphatic rings. The molecule has 0 aliphatic carbocycles. The van der Waals surface area contributed by atoms with Crippen molar-refractivity contribution in [3.8, 4) is 5.75 Å². The molecular formula is C23H20F2N8O6S. The van der Waals surface area contributed by atoms with Crippen LogP contribution in [0.4, 0.5) is 8.78 Å². The Balaban J connectivity index is 1.69. The fourth-order valence-electron chi connectivity index (χ4n) is 4.19. The molecule has 0 saturated carbocycles. The van der Waals surface area contributed by atoms with E-state index >= 15 is 0 Å². The molecule has 0 amide bonds. The van der Waals surface area contributed by atoms with Crippen LogP contribution in [0.2, 0.25) is 0 Å². The highest BCUT2D eigenvalue weighted by atomic mass is 32.2. The Bertz CT molecular complexity index is 2080. The van der Waals surface area contributed by atoms with E-state index in [2.05, 4.69) is 19.7 Å². The Hall–Kier alpha value is -4.80. The number of halogens is 2. The van der Waals surface area contributed by atoms with Crippen molar-refractivity contribution in [1.82, 2.24) is 37.8 Å². The molecule has 40 heavy (non-hydrogen) atoms. The highest BCUT2D eigenvalue weighted by Crippen LogP contribution is 2.30. The first-order valence-corrected chi connectivity index (χ1v) is 12.3. The number of ether oxygens (including phenoxy) is 1. The minimum Gasteiger partial charge on any atom is -0.434 e. The van der Waals surface area contributed by atoms with Crippen LogP contribution in [-0.2, 0) is 34.7 Å². The van der Waals surface area contributed by atoms with Gasteiger partial charge in [0.1, 0.15) is 5.75 Å². The zero-order valence-corrected chi connectivity index (χ0v) is 22.2. The molecule has 4 aromatic heterocycles. The van der Waals surface area contributed by atoms with Gasteiger partial charge in [-0.1, -0.05) is 12.1 Å². The van der Waals surface area contributed by atoms with E-state index < -0.39 is 41.4 Å². The summed E-state index contributed by atoms with van der Waals surface area (Å²) in [6, 6.07) is 5.40. The van der Waals surface area contributed by atoms with E-state index in [4.69, 9.17) is 0 Å². The predicted octanol–water partition coefficient (Wildman–Crippen LogP) is 0.343. The number of aromatic nitrogens is 8. The van der Waals surface area contributed by atoms with E-state index in [1.54, 1.807) is 7.05 Å². The van der Waals surface area contributed by atoms with Gasteiger partial charge in [-0.15, -0.1) is 0 Å². The van der Waals surface area contributed by atoms with Crippen LogP contribution < -0.4 is 27.2 Å². The number of rotatable bonds is 7. The quantitative estimate of drug-likeness (QED) is 0.270. The van der Waals surface area contributed by atoms with Crippen LogP contribution >= 0.6 is 11.8 Å². The Morgan fingerprint density at radius 1 is 0.925 bits per heavy atom. The molecule has 0 aliphatic heterocycles. The summed E-state index contributed by atoms with van der Waals surface area (Å²) in [5, 5.41) is 0.202. The van der Waals surface area contributed by atoms with Crippen molar-refractivity contribution in [1.29, 1.82) is 0 Å². The van der Waals surface area contributed by atoms with Crippen molar-refractivity contribution >= 4 is 39.9 Å². The lowest BCUT2D eigenvalue weighted by atomic mass is 10.1. The summed E-state index contributed by atoms with van der Waals surface area (Å²) in [4.78, 5) is 75.0. The number of hydrogen-bond donors (Lipinski definition) is 1. The van der Waals surface area contributed by atoms with Gasteiger partial charge in [-0.25, -0.2) is 19.6 Å². The highest BCUT2D eigenvalue weighted by molar-refractivity contribution is 7.99.